The summed E-state index contributed by atoms with van der Waals surface area (Å²) in [5.74, 6) is -1.28. The average molecular weight is 965 g/mol. The highest BCUT2D eigenvalue weighted by atomic mass is 31.2. The van der Waals surface area contributed by atoms with Crippen molar-refractivity contribution in [1.29, 1.82) is 0 Å². The number of hydrogen-bond donors (Lipinski definition) is 7. The molecule has 1 saturated carbocycles. The molecule has 8 atom stereocenters. The number of phosphoric ester groups is 2. The normalized spacial score (nSPS) is 22.2. The largest absolute Gasteiger partial charge is 0.472 e. The summed E-state index contributed by atoms with van der Waals surface area (Å²) >= 11 is 0. The standard InChI is InChI=1S/C47H82O16P2/c1-3-5-7-9-11-13-15-17-19-20-22-24-26-28-30-32-34-36-41(49)61-39(37-59-40(48)35-33-31-29-27-25-23-21-18-16-14-12-10-8-6-4-2)38-60-65(57,58)63-47-44(52)42(50)43(51)46(45(47)53)62-64(54,55)56/h11,13,17-19,21-22,24,28,30,39,42-47,50-53H,3-10,12,14-16,20,23,25-27,29,31-38H2,1-2H3,(H,57,58)(H2,54,55,56). The Hall–Kier alpha value is -2.30. The van der Waals surface area contributed by atoms with Crippen molar-refractivity contribution in [2.45, 2.75) is 211 Å². The Morgan fingerprint density at radius 1 is 0.492 bits per heavy atom. The van der Waals surface area contributed by atoms with Crippen LogP contribution in [0, 0.1) is 0 Å². The highest BCUT2D eigenvalue weighted by molar-refractivity contribution is 7.47. The van der Waals surface area contributed by atoms with Crippen LogP contribution in [0.1, 0.15) is 168 Å². The van der Waals surface area contributed by atoms with Crippen LogP contribution in [0.5, 0.6) is 0 Å². The van der Waals surface area contributed by atoms with Gasteiger partial charge >= 0.3 is 27.6 Å². The first kappa shape index (κ1) is 60.7. The van der Waals surface area contributed by atoms with Crippen LogP contribution in [0.25, 0.3) is 0 Å². The summed E-state index contributed by atoms with van der Waals surface area (Å²) in [6.07, 6.45) is 29.0. The maximum Gasteiger partial charge on any atom is 0.472 e. The molecular formula is C47H82O16P2. The van der Waals surface area contributed by atoms with Crippen molar-refractivity contribution in [1.82, 2.24) is 0 Å². The summed E-state index contributed by atoms with van der Waals surface area (Å²) in [4.78, 5) is 54.2. The van der Waals surface area contributed by atoms with Gasteiger partial charge in [-0.2, -0.15) is 0 Å². The molecule has 65 heavy (non-hydrogen) atoms. The third-order valence-corrected chi connectivity index (χ3v) is 12.1. The Morgan fingerprint density at radius 3 is 1.45 bits per heavy atom. The molecule has 0 radical (unpaired) electrons. The van der Waals surface area contributed by atoms with E-state index in [1.165, 1.54) is 57.8 Å². The molecule has 376 valence electrons. The molecule has 0 saturated heterocycles. The number of carbonyl (C=O) groups is 2. The van der Waals surface area contributed by atoms with Crippen molar-refractivity contribution < 1.29 is 76.9 Å². The van der Waals surface area contributed by atoms with Crippen molar-refractivity contribution in [3.05, 3.63) is 60.8 Å². The highest BCUT2D eigenvalue weighted by Gasteiger charge is 2.54. The van der Waals surface area contributed by atoms with Crippen LogP contribution in [-0.4, -0.2) is 103 Å². The van der Waals surface area contributed by atoms with Crippen LogP contribution in [-0.2, 0) is 41.8 Å². The third kappa shape index (κ3) is 32.2. The zero-order valence-corrected chi connectivity index (χ0v) is 40.7. The van der Waals surface area contributed by atoms with Gasteiger partial charge in [0.25, 0.3) is 0 Å². The van der Waals surface area contributed by atoms with Gasteiger partial charge in [0.1, 0.15) is 43.2 Å². The van der Waals surface area contributed by atoms with Crippen LogP contribution in [0.4, 0.5) is 0 Å². The molecule has 16 nitrogen and oxygen atoms in total. The van der Waals surface area contributed by atoms with Crippen LogP contribution in [0.3, 0.4) is 0 Å². The van der Waals surface area contributed by atoms with Crippen molar-refractivity contribution in [3.63, 3.8) is 0 Å². The van der Waals surface area contributed by atoms with Gasteiger partial charge in [0.15, 0.2) is 6.10 Å². The van der Waals surface area contributed by atoms with Crippen molar-refractivity contribution in [2.24, 2.45) is 0 Å². The molecule has 0 aliphatic heterocycles. The molecule has 0 aromatic rings. The van der Waals surface area contributed by atoms with Crippen LogP contribution < -0.4 is 0 Å². The van der Waals surface area contributed by atoms with Gasteiger partial charge in [-0.25, -0.2) is 9.13 Å². The zero-order chi connectivity index (χ0) is 48.2. The van der Waals surface area contributed by atoms with Gasteiger partial charge in [-0.15, -0.1) is 0 Å². The van der Waals surface area contributed by atoms with Crippen molar-refractivity contribution in [2.75, 3.05) is 13.2 Å². The van der Waals surface area contributed by atoms with Gasteiger partial charge in [0.2, 0.25) is 0 Å². The highest BCUT2D eigenvalue weighted by Crippen LogP contribution is 2.49. The van der Waals surface area contributed by atoms with E-state index in [-0.39, 0.29) is 12.8 Å². The molecule has 18 heteroatoms. The SMILES string of the molecule is CCCCCC=CCC=CCC=CCC=CCCCC(=O)OC(COC(=O)CCCCCCCC=CCCCCCCCC)COP(=O)(O)OC1C(O)C(O)C(O)C(OP(=O)(O)O)C1O. The van der Waals surface area contributed by atoms with Crippen molar-refractivity contribution >= 4 is 27.6 Å². The summed E-state index contributed by atoms with van der Waals surface area (Å²) in [6, 6.07) is 0. The number of aliphatic hydroxyl groups is 4. The Bertz CT molecular complexity index is 1490. The number of esters is 2. The molecule has 0 spiro atoms. The van der Waals surface area contributed by atoms with E-state index in [0.717, 1.165) is 64.2 Å². The number of phosphoric acid groups is 2. The van der Waals surface area contributed by atoms with E-state index >= 15 is 0 Å². The maximum absolute atomic E-state index is 13.0. The van der Waals surface area contributed by atoms with Gasteiger partial charge in [-0.1, -0.05) is 139 Å². The zero-order valence-electron chi connectivity index (χ0n) is 38.9. The topological polar surface area (TPSA) is 256 Å². The lowest BCUT2D eigenvalue weighted by atomic mass is 9.85. The van der Waals surface area contributed by atoms with Gasteiger partial charge in [-0.3, -0.25) is 23.2 Å². The summed E-state index contributed by atoms with van der Waals surface area (Å²) in [5.41, 5.74) is 0. The predicted molar refractivity (Wildman–Crippen MR) is 250 cm³/mol. The minimum atomic E-state index is -5.37. The molecule has 0 bridgehead atoms. The fraction of sp³-hybridized carbons (Fsp3) is 0.745. The fourth-order valence-electron chi connectivity index (χ4n) is 6.84. The summed E-state index contributed by atoms with van der Waals surface area (Å²) in [5, 5.41) is 41.2. The Labute approximate surface area is 388 Å². The van der Waals surface area contributed by atoms with E-state index in [2.05, 4.69) is 67.0 Å². The number of allylic oxidation sites excluding steroid dienone is 10. The van der Waals surface area contributed by atoms with Gasteiger partial charge in [-0.05, 0) is 77.0 Å². The predicted octanol–water partition coefficient (Wildman–Crippen LogP) is 9.06. The lowest BCUT2D eigenvalue weighted by molar-refractivity contribution is -0.216. The van der Waals surface area contributed by atoms with Gasteiger partial charge in [0, 0.05) is 12.8 Å². The van der Waals surface area contributed by atoms with Crippen LogP contribution in [0.2, 0.25) is 0 Å². The summed E-state index contributed by atoms with van der Waals surface area (Å²) < 4.78 is 49.3. The average Bonchev–Trinajstić information content (AvgIpc) is 3.26. The lowest BCUT2D eigenvalue weighted by Crippen LogP contribution is -2.64. The fourth-order valence-corrected chi connectivity index (χ4v) is 8.37. The molecule has 1 aliphatic rings. The first-order valence-corrected chi connectivity index (χ1v) is 26.9. The summed E-state index contributed by atoms with van der Waals surface area (Å²) in [6.45, 7) is 3.02. The molecule has 1 aliphatic carbocycles. The molecule has 7 N–H and O–H groups in total. The maximum atomic E-state index is 13.0. The number of rotatable bonds is 39. The van der Waals surface area contributed by atoms with Crippen LogP contribution >= 0.6 is 15.6 Å². The van der Waals surface area contributed by atoms with E-state index in [1.54, 1.807) is 0 Å². The number of aliphatic hydroxyl groups excluding tert-OH is 4. The second kappa shape index (κ2) is 37.7. The van der Waals surface area contributed by atoms with E-state index in [9.17, 15) is 53.8 Å². The molecule has 8 unspecified atom stereocenters. The second-order valence-corrected chi connectivity index (χ2v) is 19.1. The first-order valence-electron chi connectivity index (χ1n) is 23.8. The molecule has 0 aromatic carbocycles. The minimum absolute atomic E-state index is 0.0354. The lowest BCUT2D eigenvalue weighted by Gasteiger charge is -2.43. The van der Waals surface area contributed by atoms with E-state index in [1.807, 2.05) is 12.2 Å². The molecule has 0 aromatic heterocycles. The smallest absolute Gasteiger partial charge is 0.462 e. The van der Waals surface area contributed by atoms with E-state index in [0.29, 0.717) is 19.3 Å². The Kier molecular flexibility index (Phi) is 35.2. The second-order valence-electron chi connectivity index (χ2n) is 16.5. The Morgan fingerprint density at radius 2 is 0.908 bits per heavy atom. The quantitative estimate of drug-likeness (QED) is 0.0131. The Balaban J connectivity index is 2.65. The number of carbonyl (C=O) groups excluding carboxylic acids is 2. The van der Waals surface area contributed by atoms with Crippen molar-refractivity contribution in [3.8, 4) is 0 Å². The molecule has 0 heterocycles. The molecule has 0 amide bonds. The molecule has 1 rings (SSSR count). The summed E-state index contributed by atoms with van der Waals surface area (Å²) in [7, 11) is -10.7. The molecule has 1 fully saturated rings. The monoisotopic (exact) mass is 965 g/mol. The van der Waals surface area contributed by atoms with Gasteiger partial charge in [0.05, 0.1) is 6.61 Å². The minimum Gasteiger partial charge on any atom is -0.462 e. The van der Waals surface area contributed by atoms with Crippen LogP contribution in [0.15, 0.2) is 60.8 Å². The number of unbranched alkanes of at least 4 members (excludes halogenated alkanes) is 15. The van der Waals surface area contributed by atoms with Gasteiger partial charge < -0.3 is 44.6 Å². The number of ether oxygens (including phenoxy) is 2. The van der Waals surface area contributed by atoms with E-state index < -0.39 is 83.5 Å². The third-order valence-electron chi connectivity index (χ3n) is 10.6. The molecular weight excluding hydrogens is 882 g/mol. The van der Waals surface area contributed by atoms with E-state index in [4.69, 9.17) is 18.5 Å². The first-order chi connectivity index (χ1) is 31.1. The number of hydrogen-bond acceptors (Lipinski definition) is 13.